The summed E-state index contributed by atoms with van der Waals surface area (Å²) in [5.74, 6) is 7.43. The number of thiazole rings is 1. The van der Waals surface area contributed by atoms with E-state index in [4.69, 9.17) is 10.3 Å². The Morgan fingerprint density at radius 2 is 2.40 bits per heavy atom. The molecule has 0 fully saturated rings. The number of nitrogens with zero attached hydrogens (tertiary/aromatic N) is 5. The van der Waals surface area contributed by atoms with E-state index in [0.29, 0.717) is 16.0 Å². The first-order valence-corrected chi connectivity index (χ1v) is 8.86. The molecule has 0 aromatic carbocycles. The van der Waals surface area contributed by atoms with E-state index in [-0.39, 0.29) is 17.6 Å². The number of hydrogen-bond acceptors (Lipinski definition) is 10. The molecule has 0 saturated heterocycles. The van der Waals surface area contributed by atoms with Crippen molar-refractivity contribution >= 4 is 46.3 Å². The third-order valence-electron chi connectivity index (χ3n) is 2.79. The van der Waals surface area contributed by atoms with Gasteiger partial charge in [0.1, 0.15) is 11.5 Å². The molecular formula is C13H14N8O2S2. The Bertz CT molecular complexity index is 871. The number of nitrogen functional groups attached to an aromatic ring is 1. The highest BCUT2D eigenvalue weighted by Crippen LogP contribution is 2.17. The molecule has 4 N–H and O–H groups in total. The first-order chi connectivity index (χ1) is 12.1. The van der Waals surface area contributed by atoms with Gasteiger partial charge in [-0.05, 0) is 19.1 Å². The highest BCUT2D eigenvalue weighted by Gasteiger charge is 2.12. The number of carbonyl (C=O) groups excluding carboxylic acids is 1. The molecule has 0 saturated carbocycles. The molecular weight excluding hydrogens is 364 g/mol. The van der Waals surface area contributed by atoms with Crippen molar-refractivity contribution in [3.8, 4) is 0 Å². The first-order valence-electron chi connectivity index (χ1n) is 7.00. The number of nitrogens with two attached hydrogens (primary N) is 1. The van der Waals surface area contributed by atoms with Crippen LogP contribution in [0.5, 0.6) is 0 Å². The summed E-state index contributed by atoms with van der Waals surface area (Å²) in [6, 6.07) is 3.62. The number of hydrazone groups is 1. The molecule has 130 valence electrons. The van der Waals surface area contributed by atoms with Crippen molar-refractivity contribution in [1.29, 1.82) is 0 Å². The molecule has 0 aliphatic carbocycles. The molecule has 25 heavy (non-hydrogen) atoms. The number of thioether (sulfide) groups is 1. The lowest BCUT2D eigenvalue weighted by Gasteiger charge is -2.03. The van der Waals surface area contributed by atoms with Gasteiger partial charge in [-0.1, -0.05) is 11.8 Å². The van der Waals surface area contributed by atoms with Gasteiger partial charge in [-0.2, -0.15) is 5.10 Å². The maximum atomic E-state index is 11.8. The van der Waals surface area contributed by atoms with Gasteiger partial charge in [0.2, 0.25) is 11.1 Å². The zero-order chi connectivity index (χ0) is 17.6. The number of aryl methyl sites for hydroxylation is 1. The van der Waals surface area contributed by atoms with Gasteiger partial charge in [0.05, 0.1) is 12.0 Å². The molecule has 0 spiro atoms. The number of furan rings is 1. The fourth-order valence-corrected chi connectivity index (χ4v) is 2.90. The molecule has 12 heteroatoms. The van der Waals surface area contributed by atoms with Crippen molar-refractivity contribution in [2.75, 3.05) is 22.3 Å². The van der Waals surface area contributed by atoms with Gasteiger partial charge in [0.15, 0.2) is 5.13 Å². The van der Waals surface area contributed by atoms with Gasteiger partial charge in [-0.15, -0.1) is 21.5 Å². The van der Waals surface area contributed by atoms with Crippen LogP contribution in [0.1, 0.15) is 11.5 Å². The lowest BCUT2D eigenvalue weighted by atomic mass is 10.4. The number of rotatable bonds is 7. The maximum Gasteiger partial charge on any atom is 0.264 e. The first kappa shape index (κ1) is 17.0. The molecule has 3 aromatic heterocycles. The molecule has 0 atom stereocenters. The summed E-state index contributed by atoms with van der Waals surface area (Å²) in [5, 5.41) is 17.1. The van der Waals surface area contributed by atoms with E-state index < -0.39 is 0 Å². The zero-order valence-electron chi connectivity index (χ0n) is 13.0. The minimum Gasteiger partial charge on any atom is -0.460 e. The number of anilines is 2. The monoisotopic (exact) mass is 378 g/mol. The van der Waals surface area contributed by atoms with Crippen LogP contribution in [0.25, 0.3) is 0 Å². The molecule has 0 aliphatic heterocycles. The highest BCUT2D eigenvalue weighted by atomic mass is 32.2. The summed E-state index contributed by atoms with van der Waals surface area (Å²) in [6.07, 6.45) is 3.11. The fourth-order valence-electron chi connectivity index (χ4n) is 1.70. The zero-order valence-corrected chi connectivity index (χ0v) is 14.7. The number of carbonyl (C=O) groups is 1. The van der Waals surface area contributed by atoms with E-state index in [1.54, 1.807) is 17.6 Å². The molecule has 3 aromatic rings. The van der Waals surface area contributed by atoms with Crippen LogP contribution >= 0.6 is 23.1 Å². The number of nitrogens with one attached hydrogen (secondary N) is 2. The van der Waals surface area contributed by atoms with Gasteiger partial charge in [0.25, 0.3) is 5.95 Å². The molecule has 0 radical (unpaired) electrons. The van der Waals surface area contributed by atoms with Gasteiger partial charge in [-0.25, -0.2) is 15.1 Å². The van der Waals surface area contributed by atoms with E-state index >= 15 is 0 Å². The topological polar surface area (TPSA) is 136 Å². The molecule has 0 bridgehead atoms. The van der Waals surface area contributed by atoms with Gasteiger partial charge in [0, 0.05) is 11.6 Å². The predicted molar refractivity (Wildman–Crippen MR) is 96.3 cm³/mol. The van der Waals surface area contributed by atoms with Gasteiger partial charge in [-0.3, -0.25) is 4.79 Å². The van der Waals surface area contributed by atoms with Crippen molar-refractivity contribution in [2.24, 2.45) is 5.10 Å². The molecule has 0 unspecified atom stereocenters. The van der Waals surface area contributed by atoms with E-state index in [0.717, 1.165) is 17.5 Å². The summed E-state index contributed by atoms with van der Waals surface area (Å²) >= 11 is 2.49. The SMILES string of the molecule is Cc1ccc(/C=N/Nc2nnc(SCC(=O)Nc3nccs3)n2N)o1. The van der Waals surface area contributed by atoms with Gasteiger partial charge < -0.3 is 15.6 Å². The lowest BCUT2D eigenvalue weighted by Crippen LogP contribution is -2.16. The normalized spacial score (nSPS) is 11.1. The van der Waals surface area contributed by atoms with Crippen LogP contribution in [-0.2, 0) is 4.79 Å². The Labute approximate surface area is 150 Å². The molecule has 10 nitrogen and oxygen atoms in total. The number of aromatic nitrogens is 4. The lowest BCUT2D eigenvalue weighted by molar-refractivity contribution is -0.113. The summed E-state index contributed by atoms with van der Waals surface area (Å²) in [6.45, 7) is 1.84. The van der Waals surface area contributed by atoms with E-state index in [9.17, 15) is 4.79 Å². The summed E-state index contributed by atoms with van der Waals surface area (Å²) in [4.78, 5) is 15.8. The maximum absolute atomic E-state index is 11.8. The summed E-state index contributed by atoms with van der Waals surface area (Å²) in [7, 11) is 0. The Morgan fingerprint density at radius 3 is 3.12 bits per heavy atom. The van der Waals surface area contributed by atoms with Crippen LogP contribution in [0.15, 0.2) is 38.4 Å². The van der Waals surface area contributed by atoms with Crippen molar-refractivity contribution in [3.63, 3.8) is 0 Å². The Hall–Kier alpha value is -2.86. The highest BCUT2D eigenvalue weighted by molar-refractivity contribution is 7.99. The number of hydrogen-bond donors (Lipinski definition) is 3. The predicted octanol–water partition coefficient (Wildman–Crippen LogP) is 1.53. The Kier molecular flexibility index (Phi) is 5.30. The minimum absolute atomic E-state index is 0.129. The second kappa shape index (κ2) is 7.81. The minimum atomic E-state index is -0.205. The van der Waals surface area contributed by atoms with E-state index in [1.165, 1.54) is 22.2 Å². The second-order valence-electron chi connectivity index (χ2n) is 4.67. The molecule has 3 heterocycles. The van der Waals surface area contributed by atoms with Crippen molar-refractivity contribution in [3.05, 3.63) is 35.2 Å². The fraction of sp³-hybridized carbons (Fsp3) is 0.154. The van der Waals surface area contributed by atoms with E-state index in [2.05, 4.69) is 31.0 Å². The third-order valence-corrected chi connectivity index (χ3v) is 4.42. The smallest absolute Gasteiger partial charge is 0.264 e. The average molecular weight is 378 g/mol. The Morgan fingerprint density at radius 1 is 1.52 bits per heavy atom. The molecule has 1 amide bonds. The van der Waals surface area contributed by atoms with Crippen LogP contribution in [0.3, 0.4) is 0 Å². The van der Waals surface area contributed by atoms with Crippen molar-refractivity contribution in [2.45, 2.75) is 12.1 Å². The Balaban J connectivity index is 1.52. The van der Waals surface area contributed by atoms with Crippen LogP contribution in [0, 0.1) is 6.92 Å². The standard InChI is InChI=1S/C13H14N8O2S2/c1-8-2-3-9(23-8)6-16-18-11-19-20-13(21(11)14)25-7-10(22)17-12-15-4-5-24-12/h2-6H,7,14H2,1H3,(H,18,19)(H,15,17,22)/b16-6+. The van der Waals surface area contributed by atoms with Crippen LogP contribution < -0.4 is 16.6 Å². The quantitative estimate of drug-likeness (QED) is 0.244. The van der Waals surface area contributed by atoms with Crippen molar-refractivity contribution < 1.29 is 9.21 Å². The number of amides is 1. The third kappa shape index (κ3) is 4.58. The van der Waals surface area contributed by atoms with E-state index in [1.807, 2.05) is 13.0 Å². The van der Waals surface area contributed by atoms with Crippen LogP contribution in [0.2, 0.25) is 0 Å². The second-order valence-corrected chi connectivity index (χ2v) is 6.51. The van der Waals surface area contributed by atoms with Crippen molar-refractivity contribution in [1.82, 2.24) is 19.9 Å². The summed E-state index contributed by atoms with van der Waals surface area (Å²) in [5.41, 5.74) is 2.67. The molecule has 3 rings (SSSR count). The summed E-state index contributed by atoms with van der Waals surface area (Å²) < 4.78 is 6.56. The average Bonchev–Trinajstić information content (AvgIpc) is 3.30. The van der Waals surface area contributed by atoms with Gasteiger partial charge >= 0.3 is 0 Å². The largest absolute Gasteiger partial charge is 0.460 e. The van der Waals surface area contributed by atoms with Crippen LogP contribution in [0.4, 0.5) is 11.1 Å². The molecule has 0 aliphatic rings. The van der Waals surface area contributed by atoms with Crippen LogP contribution in [-0.4, -0.2) is 37.7 Å².